The van der Waals surface area contributed by atoms with Crippen LogP contribution in [0.1, 0.15) is 105 Å². The summed E-state index contributed by atoms with van der Waals surface area (Å²) in [6.45, 7) is 14.4. The highest BCUT2D eigenvalue weighted by molar-refractivity contribution is 6.66. The van der Waals surface area contributed by atoms with Gasteiger partial charge in [-0.15, -0.1) is 0 Å². The molecule has 11 nitrogen and oxygen atoms in total. The van der Waals surface area contributed by atoms with Gasteiger partial charge in [-0.05, 0) is 109 Å². The van der Waals surface area contributed by atoms with E-state index >= 15 is 0 Å². The number of fused-ring (bicyclic) bond motifs is 1. The Hall–Kier alpha value is -2.61. The number of aromatic nitrogens is 2. The van der Waals surface area contributed by atoms with Gasteiger partial charge in [-0.2, -0.15) is 5.10 Å². The summed E-state index contributed by atoms with van der Waals surface area (Å²) in [5, 5.41) is 9.05. The van der Waals surface area contributed by atoms with Crippen molar-refractivity contribution in [3.63, 3.8) is 0 Å². The number of nitrogens with zero attached hydrogens (tertiary/aromatic N) is 3. The van der Waals surface area contributed by atoms with E-state index in [-0.39, 0.29) is 44.2 Å². The van der Waals surface area contributed by atoms with Crippen molar-refractivity contribution in [2.45, 2.75) is 128 Å². The largest absolute Gasteiger partial charge is 0.495 e. The Morgan fingerprint density at radius 1 is 1.15 bits per heavy atom. The number of hydrogen-bond acceptors (Lipinski definition) is 8. The summed E-state index contributed by atoms with van der Waals surface area (Å²) in [5.74, 6) is 0.364. The normalized spacial score (nSPS) is 28.4. The van der Waals surface area contributed by atoms with Crippen LogP contribution in [0.2, 0.25) is 5.02 Å². The summed E-state index contributed by atoms with van der Waals surface area (Å²) < 4.78 is 46.5. The first-order valence-corrected chi connectivity index (χ1v) is 17.6. The average molecular weight is 691 g/mol. The topological polar surface area (TPSA) is 113 Å². The first kappa shape index (κ1) is 35.2. The number of rotatable bonds is 7. The lowest BCUT2D eigenvalue weighted by molar-refractivity contribution is -0.0366. The van der Waals surface area contributed by atoms with Crippen LogP contribution in [0.4, 0.5) is 14.0 Å². The molecule has 1 aliphatic carbocycles. The number of piperidine rings is 1. The Kier molecular flexibility index (Phi) is 9.73. The van der Waals surface area contributed by atoms with E-state index in [4.69, 9.17) is 40.2 Å². The van der Waals surface area contributed by atoms with Crippen molar-refractivity contribution in [2.75, 3.05) is 26.3 Å². The molecule has 3 aliphatic heterocycles. The minimum atomic E-state index is -1.27. The van der Waals surface area contributed by atoms with Gasteiger partial charge in [0.1, 0.15) is 11.8 Å². The molecule has 264 valence electrons. The molecule has 0 spiro atoms. The van der Waals surface area contributed by atoms with Crippen molar-refractivity contribution >= 4 is 47.3 Å². The monoisotopic (exact) mass is 690 g/mol. The molecular formula is C34H49BClFN4O7. The number of carbonyl (C=O) groups is 2. The molecule has 4 heterocycles. The second kappa shape index (κ2) is 13.3. The van der Waals surface area contributed by atoms with Crippen LogP contribution in [0.3, 0.4) is 0 Å². The summed E-state index contributed by atoms with van der Waals surface area (Å²) in [6.07, 6.45) is 3.83. The third kappa shape index (κ3) is 7.44. The predicted molar refractivity (Wildman–Crippen MR) is 180 cm³/mol. The number of alkyl carbamates (subject to hydrolysis) is 1. The third-order valence-corrected chi connectivity index (χ3v) is 10.6. The van der Waals surface area contributed by atoms with E-state index in [0.29, 0.717) is 18.1 Å². The van der Waals surface area contributed by atoms with Gasteiger partial charge in [-0.25, -0.2) is 18.7 Å². The second-order valence-corrected chi connectivity index (χ2v) is 16.1. The van der Waals surface area contributed by atoms with Gasteiger partial charge in [0.15, 0.2) is 6.23 Å². The lowest BCUT2D eigenvalue weighted by Gasteiger charge is -2.35. The molecule has 14 heteroatoms. The maximum Gasteiger partial charge on any atom is 0.495 e. The molecule has 5 atom stereocenters. The van der Waals surface area contributed by atoms with Crippen molar-refractivity contribution in [2.24, 2.45) is 5.92 Å². The quantitative estimate of drug-likeness (QED) is 0.339. The number of carbonyl (C=O) groups excluding carboxylic acids is 2. The van der Waals surface area contributed by atoms with Crippen molar-refractivity contribution in [3.05, 3.63) is 22.8 Å². The van der Waals surface area contributed by atoms with Crippen molar-refractivity contribution in [1.82, 2.24) is 20.0 Å². The molecular weight excluding hydrogens is 642 g/mol. The van der Waals surface area contributed by atoms with E-state index in [9.17, 15) is 14.0 Å². The number of halogens is 2. The van der Waals surface area contributed by atoms with Crippen LogP contribution in [0.5, 0.6) is 0 Å². The molecule has 0 radical (unpaired) electrons. The molecule has 4 fully saturated rings. The lowest BCUT2D eigenvalue weighted by Crippen LogP contribution is -2.54. The molecule has 6 rings (SSSR count). The lowest BCUT2D eigenvalue weighted by atomic mass is 9.72. The molecule has 1 saturated carbocycles. The van der Waals surface area contributed by atoms with E-state index in [1.54, 1.807) is 20.8 Å². The van der Waals surface area contributed by atoms with E-state index in [1.807, 2.05) is 44.6 Å². The highest BCUT2D eigenvalue weighted by Gasteiger charge is 2.54. The van der Waals surface area contributed by atoms with Crippen LogP contribution in [-0.2, 0) is 23.5 Å². The molecule has 0 bridgehead atoms. The summed E-state index contributed by atoms with van der Waals surface area (Å²) in [4.78, 5) is 26.5. The number of alkyl halides is 1. The number of ether oxygens (including phenoxy) is 3. The standard InChI is InChI=1S/C34H49BClFN4O7/c1-32(2,3)46-31(43)40-18-21(37)15-22(19-40)39-30(42)45-13-11-20-14-23(20)28-25(36)16-26-24(17-38-41(26)27-10-8-9-12-44-27)29(28)35-47-33(4,5)34(6,7)48-35/h16-17,20-23,27H,8-15,18-19H2,1-7H3,(H,39,42)/t20-,21-,22-,23+,27?/m1/s1. The van der Waals surface area contributed by atoms with Crippen LogP contribution in [-0.4, -0.2) is 89.3 Å². The maximum absolute atomic E-state index is 14.5. The zero-order chi connectivity index (χ0) is 34.6. The molecule has 1 aromatic carbocycles. The number of amides is 2. The molecule has 3 saturated heterocycles. The summed E-state index contributed by atoms with van der Waals surface area (Å²) >= 11 is 7.12. The first-order chi connectivity index (χ1) is 22.5. The molecule has 1 aromatic heterocycles. The van der Waals surface area contributed by atoms with Crippen LogP contribution in [0.25, 0.3) is 10.9 Å². The van der Waals surface area contributed by atoms with E-state index in [2.05, 4.69) is 5.32 Å². The summed E-state index contributed by atoms with van der Waals surface area (Å²) in [6, 6.07) is 1.41. The Balaban J connectivity index is 1.12. The maximum atomic E-state index is 14.5. The number of nitrogens with one attached hydrogen (secondary N) is 1. The van der Waals surface area contributed by atoms with E-state index in [1.165, 1.54) is 4.90 Å². The Labute approximate surface area is 287 Å². The molecule has 4 aliphatic rings. The van der Waals surface area contributed by atoms with Gasteiger partial charge in [-0.3, -0.25) is 0 Å². The first-order valence-electron chi connectivity index (χ1n) is 17.2. The summed E-state index contributed by atoms with van der Waals surface area (Å²) in [5.41, 5.74) is 0.995. The van der Waals surface area contributed by atoms with Crippen molar-refractivity contribution < 1.29 is 37.5 Å². The fourth-order valence-electron chi connectivity index (χ4n) is 6.98. The van der Waals surface area contributed by atoms with Crippen LogP contribution >= 0.6 is 11.6 Å². The van der Waals surface area contributed by atoms with Gasteiger partial charge in [0, 0.05) is 30.0 Å². The van der Waals surface area contributed by atoms with Crippen LogP contribution < -0.4 is 10.8 Å². The number of hydrogen-bond donors (Lipinski definition) is 1. The number of likely N-dealkylation sites (tertiary alicyclic amines) is 1. The molecule has 1 N–H and O–H groups in total. The zero-order valence-corrected chi connectivity index (χ0v) is 29.9. The highest BCUT2D eigenvalue weighted by Crippen LogP contribution is 2.52. The Bertz CT molecular complexity index is 1510. The van der Waals surface area contributed by atoms with Gasteiger partial charge in [0.25, 0.3) is 0 Å². The van der Waals surface area contributed by atoms with Gasteiger partial charge in [0.2, 0.25) is 0 Å². The molecule has 1 unspecified atom stereocenters. The Morgan fingerprint density at radius 3 is 2.54 bits per heavy atom. The second-order valence-electron chi connectivity index (χ2n) is 15.7. The fourth-order valence-corrected chi connectivity index (χ4v) is 7.33. The van der Waals surface area contributed by atoms with Gasteiger partial charge >= 0.3 is 19.3 Å². The SMILES string of the molecule is CC(C)(C)OC(=O)N1C[C@H](F)C[C@@H](NC(=O)OCC[C@@H]2C[C@@H]2c2c(Cl)cc3c(cnn3C3CCCCO3)c2B2OC(C)(C)C(C)(C)O2)C1. The van der Waals surface area contributed by atoms with Crippen molar-refractivity contribution in [1.29, 1.82) is 0 Å². The average Bonchev–Trinajstić information content (AvgIpc) is 3.55. The van der Waals surface area contributed by atoms with Crippen LogP contribution in [0.15, 0.2) is 12.3 Å². The predicted octanol–water partition coefficient (Wildman–Crippen LogP) is 6.26. The summed E-state index contributed by atoms with van der Waals surface area (Å²) in [7, 11) is -0.630. The minimum absolute atomic E-state index is 0.0668. The molecule has 2 aromatic rings. The minimum Gasteiger partial charge on any atom is -0.450 e. The van der Waals surface area contributed by atoms with Gasteiger partial charge < -0.3 is 33.7 Å². The Morgan fingerprint density at radius 2 is 1.88 bits per heavy atom. The fraction of sp³-hybridized carbons (Fsp3) is 0.735. The van der Waals surface area contributed by atoms with Crippen molar-refractivity contribution in [3.8, 4) is 0 Å². The smallest absolute Gasteiger partial charge is 0.450 e. The van der Waals surface area contributed by atoms with E-state index < -0.39 is 48.3 Å². The van der Waals surface area contributed by atoms with Crippen LogP contribution in [0, 0.1) is 5.92 Å². The van der Waals surface area contributed by atoms with Gasteiger partial charge in [0.05, 0.1) is 42.1 Å². The third-order valence-electron chi connectivity index (χ3n) is 10.2. The number of benzene rings is 1. The van der Waals surface area contributed by atoms with Gasteiger partial charge in [-0.1, -0.05) is 11.6 Å². The molecule has 48 heavy (non-hydrogen) atoms. The highest BCUT2D eigenvalue weighted by atomic mass is 35.5. The molecule has 2 amide bonds. The zero-order valence-electron chi connectivity index (χ0n) is 29.1. The van der Waals surface area contributed by atoms with E-state index in [0.717, 1.165) is 47.6 Å².